The summed E-state index contributed by atoms with van der Waals surface area (Å²) in [6.45, 7) is 8.38. The first-order chi connectivity index (χ1) is 12.9. The first kappa shape index (κ1) is 21.9. The first-order valence-electron chi connectivity index (χ1n) is 9.38. The summed E-state index contributed by atoms with van der Waals surface area (Å²) < 4.78 is 30.5. The molecule has 1 atom stereocenters. The molecule has 0 aliphatic rings. The van der Waals surface area contributed by atoms with Crippen LogP contribution < -0.4 is 4.74 Å². The highest BCUT2D eigenvalue weighted by atomic mass is 19.3. The van der Waals surface area contributed by atoms with Crippen LogP contribution in [0.3, 0.4) is 0 Å². The van der Waals surface area contributed by atoms with E-state index in [0.29, 0.717) is 18.5 Å². The highest BCUT2D eigenvalue weighted by Crippen LogP contribution is 2.23. The molecule has 6 heteroatoms. The first-order valence-corrected chi connectivity index (χ1v) is 9.38. The minimum Gasteiger partial charge on any atom is -0.470 e. The fourth-order valence-electron chi connectivity index (χ4n) is 2.72. The van der Waals surface area contributed by atoms with Gasteiger partial charge in [0.2, 0.25) is 5.88 Å². The van der Waals surface area contributed by atoms with Crippen LogP contribution in [0.25, 0.3) is 0 Å². The normalized spacial score (nSPS) is 13.2. The van der Waals surface area contributed by atoms with Gasteiger partial charge in [0.05, 0.1) is 18.1 Å². The number of carbonyl (C=O) groups is 1. The Morgan fingerprint density at radius 2 is 1.71 bits per heavy atom. The maximum atomic E-state index is 12.8. The van der Waals surface area contributed by atoms with E-state index in [-0.39, 0.29) is 23.0 Å². The van der Waals surface area contributed by atoms with Crippen molar-refractivity contribution >= 4 is 5.78 Å². The van der Waals surface area contributed by atoms with Crippen LogP contribution in [0.1, 0.15) is 63.8 Å². The molecular formula is C22H28F2N2O2. The van der Waals surface area contributed by atoms with Crippen LogP contribution in [-0.2, 0) is 16.6 Å². The van der Waals surface area contributed by atoms with Crippen molar-refractivity contribution in [3.05, 3.63) is 53.5 Å². The molecule has 1 aromatic carbocycles. The van der Waals surface area contributed by atoms with Crippen molar-refractivity contribution in [3.8, 4) is 5.88 Å². The highest BCUT2D eigenvalue weighted by Gasteiger charge is 2.22. The van der Waals surface area contributed by atoms with Gasteiger partial charge in [-0.1, -0.05) is 52.0 Å². The van der Waals surface area contributed by atoms with Crippen molar-refractivity contribution in [2.24, 2.45) is 0 Å². The lowest BCUT2D eigenvalue weighted by atomic mass is 9.86. The summed E-state index contributed by atoms with van der Waals surface area (Å²) in [5.41, 5.74) is 2.93. The summed E-state index contributed by atoms with van der Waals surface area (Å²) in [5.74, 6) is -2.88. The van der Waals surface area contributed by atoms with Gasteiger partial charge in [0.15, 0.2) is 6.61 Å². The zero-order valence-electron chi connectivity index (χ0n) is 17.1. The SMILES string of the molecule is C[C@@H](CC(=O)Cc1ccc(C(C)(C)C)cc1)c1cnc(OCC(C)(F)F)cn1. The molecule has 0 aliphatic carbocycles. The van der Waals surface area contributed by atoms with E-state index >= 15 is 0 Å². The quantitative estimate of drug-likeness (QED) is 0.628. The van der Waals surface area contributed by atoms with E-state index in [1.165, 1.54) is 18.0 Å². The van der Waals surface area contributed by atoms with Crippen LogP contribution in [-0.4, -0.2) is 28.3 Å². The average molecular weight is 390 g/mol. The number of nitrogens with zero attached hydrogens (tertiary/aromatic N) is 2. The van der Waals surface area contributed by atoms with Gasteiger partial charge in [-0.05, 0) is 16.5 Å². The molecule has 0 bridgehead atoms. The summed E-state index contributed by atoms with van der Waals surface area (Å²) in [7, 11) is 0. The number of rotatable bonds is 8. The van der Waals surface area contributed by atoms with Crippen molar-refractivity contribution in [1.82, 2.24) is 9.97 Å². The third kappa shape index (κ3) is 6.98. The van der Waals surface area contributed by atoms with Crippen molar-refractivity contribution in [2.45, 2.75) is 64.7 Å². The van der Waals surface area contributed by atoms with Gasteiger partial charge in [0, 0.05) is 25.7 Å². The number of halogens is 2. The smallest absolute Gasteiger partial charge is 0.278 e. The maximum Gasteiger partial charge on any atom is 0.278 e. The number of alkyl halides is 2. The van der Waals surface area contributed by atoms with Crippen molar-refractivity contribution in [3.63, 3.8) is 0 Å². The van der Waals surface area contributed by atoms with Crippen molar-refractivity contribution in [2.75, 3.05) is 6.61 Å². The lowest BCUT2D eigenvalue weighted by molar-refractivity contribution is -0.118. The van der Waals surface area contributed by atoms with E-state index < -0.39 is 12.5 Å². The second-order valence-corrected chi connectivity index (χ2v) is 8.41. The molecule has 0 N–H and O–H groups in total. The minimum atomic E-state index is -2.93. The van der Waals surface area contributed by atoms with E-state index in [2.05, 4.69) is 42.9 Å². The fourth-order valence-corrected chi connectivity index (χ4v) is 2.72. The molecule has 0 radical (unpaired) electrons. The molecular weight excluding hydrogens is 362 g/mol. The number of hydrogen-bond acceptors (Lipinski definition) is 4. The zero-order valence-corrected chi connectivity index (χ0v) is 17.1. The number of ketones is 1. The molecule has 2 aromatic rings. The Morgan fingerprint density at radius 1 is 1.07 bits per heavy atom. The zero-order chi connectivity index (χ0) is 20.9. The average Bonchev–Trinajstić information content (AvgIpc) is 2.59. The molecule has 1 heterocycles. The summed E-state index contributed by atoms with van der Waals surface area (Å²) in [6, 6.07) is 8.13. The van der Waals surface area contributed by atoms with Gasteiger partial charge in [-0.2, -0.15) is 0 Å². The Kier molecular flexibility index (Phi) is 6.86. The summed E-state index contributed by atoms with van der Waals surface area (Å²) in [6.07, 6.45) is 3.49. The van der Waals surface area contributed by atoms with Crippen LogP contribution >= 0.6 is 0 Å². The van der Waals surface area contributed by atoms with Gasteiger partial charge in [-0.3, -0.25) is 9.78 Å². The lowest BCUT2D eigenvalue weighted by Crippen LogP contribution is -2.21. The predicted molar refractivity (Wildman–Crippen MR) is 105 cm³/mol. The third-order valence-corrected chi connectivity index (χ3v) is 4.38. The number of ether oxygens (including phenoxy) is 1. The number of hydrogen-bond donors (Lipinski definition) is 0. The molecule has 4 nitrogen and oxygen atoms in total. The third-order valence-electron chi connectivity index (χ3n) is 4.38. The van der Waals surface area contributed by atoms with E-state index in [0.717, 1.165) is 12.5 Å². The van der Waals surface area contributed by atoms with Crippen molar-refractivity contribution in [1.29, 1.82) is 0 Å². The van der Waals surface area contributed by atoms with Gasteiger partial charge < -0.3 is 4.74 Å². The highest BCUT2D eigenvalue weighted by molar-refractivity contribution is 5.81. The summed E-state index contributed by atoms with van der Waals surface area (Å²) >= 11 is 0. The molecule has 0 fully saturated rings. The summed E-state index contributed by atoms with van der Waals surface area (Å²) in [4.78, 5) is 20.6. The van der Waals surface area contributed by atoms with Crippen LogP contribution in [0, 0.1) is 0 Å². The Balaban J connectivity index is 1.89. The summed E-state index contributed by atoms with van der Waals surface area (Å²) in [5, 5.41) is 0. The van der Waals surface area contributed by atoms with Gasteiger partial charge in [-0.25, -0.2) is 13.8 Å². The maximum absolute atomic E-state index is 12.8. The molecule has 2 rings (SSSR count). The Hall–Kier alpha value is -2.37. The van der Waals surface area contributed by atoms with Crippen molar-refractivity contribution < 1.29 is 18.3 Å². The second kappa shape index (κ2) is 8.76. The van der Waals surface area contributed by atoms with Crippen LogP contribution in [0.15, 0.2) is 36.7 Å². The van der Waals surface area contributed by atoms with E-state index in [1.54, 1.807) is 0 Å². The Morgan fingerprint density at radius 3 is 2.21 bits per heavy atom. The molecule has 28 heavy (non-hydrogen) atoms. The predicted octanol–water partition coefficient (Wildman–Crippen LogP) is 5.11. The molecule has 0 amide bonds. The molecule has 0 spiro atoms. The molecule has 0 saturated carbocycles. The number of aromatic nitrogens is 2. The molecule has 0 unspecified atom stereocenters. The molecule has 1 aromatic heterocycles. The Labute approximate surface area is 165 Å². The van der Waals surface area contributed by atoms with Gasteiger partial charge >= 0.3 is 0 Å². The number of benzene rings is 1. The fraction of sp³-hybridized carbons (Fsp3) is 0.500. The topological polar surface area (TPSA) is 52.1 Å². The van der Waals surface area contributed by atoms with E-state index in [9.17, 15) is 13.6 Å². The second-order valence-electron chi connectivity index (χ2n) is 8.41. The lowest BCUT2D eigenvalue weighted by Gasteiger charge is -2.19. The number of Topliss-reactive ketones (excluding diaryl/α,β-unsaturated/α-hetero) is 1. The van der Waals surface area contributed by atoms with Crippen LogP contribution in [0.5, 0.6) is 5.88 Å². The number of carbonyl (C=O) groups excluding carboxylic acids is 1. The minimum absolute atomic E-state index is 0.0442. The molecule has 0 saturated heterocycles. The van der Waals surface area contributed by atoms with E-state index in [4.69, 9.17) is 4.74 Å². The largest absolute Gasteiger partial charge is 0.470 e. The standard InChI is InChI=1S/C22H28F2N2O2/c1-15(19-12-26-20(13-25-19)28-14-22(5,23)24)10-18(27)11-16-6-8-17(9-7-16)21(2,3)4/h6-9,12-13,15H,10-11,14H2,1-5H3/t15-/m0/s1. The monoisotopic (exact) mass is 390 g/mol. The van der Waals surface area contributed by atoms with E-state index in [1.807, 2.05) is 19.1 Å². The van der Waals surface area contributed by atoms with Gasteiger partial charge in [-0.15, -0.1) is 0 Å². The van der Waals surface area contributed by atoms with Crippen LogP contribution in [0.2, 0.25) is 0 Å². The molecule has 0 aliphatic heterocycles. The van der Waals surface area contributed by atoms with Gasteiger partial charge in [0.25, 0.3) is 5.92 Å². The Bertz CT molecular complexity index is 776. The van der Waals surface area contributed by atoms with Gasteiger partial charge in [0.1, 0.15) is 5.78 Å². The van der Waals surface area contributed by atoms with Crippen LogP contribution in [0.4, 0.5) is 8.78 Å². The molecule has 152 valence electrons.